The Morgan fingerprint density at radius 2 is 2.44 bits per heavy atom. The summed E-state index contributed by atoms with van der Waals surface area (Å²) in [4.78, 5) is 17.3. The molecule has 1 fully saturated rings. The number of aromatic nitrogens is 1. The fourth-order valence-corrected chi connectivity index (χ4v) is 1.80. The van der Waals surface area contributed by atoms with E-state index in [1.165, 1.54) is 11.3 Å². The molecule has 0 aromatic carbocycles. The van der Waals surface area contributed by atoms with Gasteiger partial charge in [0.2, 0.25) is 0 Å². The third-order valence-electron chi connectivity index (χ3n) is 2.12. The molecule has 0 spiro atoms. The number of thiazole rings is 1. The predicted molar refractivity (Wildman–Crippen MR) is 59.5 cm³/mol. The van der Waals surface area contributed by atoms with E-state index < -0.39 is 6.09 Å². The molecule has 0 saturated carbocycles. The van der Waals surface area contributed by atoms with Crippen molar-refractivity contribution in [2.75, 3.05) is 38.4 Å². The molecule has 1 aromatic rings. The summed E-state index contributed by atoms with van der Waals surface area (Å²) in [5.41, 5.74) is 0. The van der Waals surface area contributed by atoms with Gasteiger partial charge in [0.1, 0.15) is 6.73 Å². The van der Waals surface area contributed by atoms with Crippen LogP contribution < -0.4 is 5.32 Å². The van der Waals surface area contributed by atoms with Crippen LogP contribution in [0.25, 0.3) is 0 Å². The number of hydrogen-bond acceptors (Lipinski definition) is 6. The molecule has 0 unspecified atom stereocenters. The predicted octanol–water partition coefficient (Wildman–Crippen LogP) is 0.981. The molecule has 1 saturated heterocycles. The van der Waals surface area contributed by atoms with Gasteiger partial charge in [-0.2, -0.15) is 0 Å². The number of hydrogen-bond donors (Lipinski definition) is 1. The number of nitrogens with zero attached hydrogens (tertiary/aromatic N) is 2. The van der Waals surface area contributed by atoms with Crippen LogP contribution in [0.4, 0.5) is 9.93 Å². The number of amides is 1. The molecule has 0 atom stereocenters. The molecule has 6 nitrogen and oxygen atoms in total. The van der Waals surface area contributed by atoms with E-state index in [0.717, 1.165) is 13.1 Å². The van der Waals surface area contributed by atoms with E-state index in [2.05, 4.69) is 10.3 Å². The zero-order valence-corrected chi connectivity index (χ0v) is 9.53. The van der Waals surface area contributed by atoms with Crippen LogP contribution in [0, 0.1) is 0 Å². The highest BCUT2D eigenvalue weighted by Crippen LogP contribution is 2.10. The van der Waals surface area contributed by atoms with Crippen molar-refractivity contribution in [1.82, 2.24) is 9.88 Å². The molecule has 1 amide bonds. The van der Waals surface area contributed by atoms with E-state index in [-0.39, 0.29) is 0 Å². The molecule has 2 heterocycles. The minimum atomic E-state index is -0.471. The molecule has 0 aliphatic carbocycles. The Bertz CT molecular complexity index is 325. The molecule has 7 heteroatoms. The van der Waals surface area contributed by atoms with Crippen molar-refractivity contribution in [2.45, 2.75) is 0 Å². The monoisotopic (exact) mass is 243 g/mol. The molecule has 1 aromatic heterocycles. The summed E-state index contributed by atoms with van der Waals surface area (Å²) in [7, 11) is 0. The Morgan fingerprint density at radius 1 is 1.62 bits per heavy atom. The van der Waals surface area contributed by atoms with Crippen molar-refractivity contribution < 1.29 is 14.3 Å². The maximum atomic E-state index is 11.3. The second-order valence-electron chi connectivity index (χ2n) is 3.25. The van der Waals surface area contributed by atoms with Crippen molar-refractivity contribution in [1.29, 1.82) is 0 Å². The number of ether oxygens (including phenoxy) is 2. The van der Waals surface area contributed by atoms with Crippen molar-refractivity contribution in [3.05, 3.63) is 11.6 Å². The maximum Gasteiger partial charge on any atom is 0.414 e. The first-order valence-electron chi connectivity index (χ1n) is 4.98. The van der Waals surface area contributed by atoms with Crippen LogP contribution in [-0.2, 0) is 9.47 Å². The van der Waals surface area contributed by atoms with Gasteiger partial charge in [-0.25, -0.2) is 9.78 Å². The highest BCUT2D eigenvalue weighted by Gasteiger charge is 2.12. The molecule has 1 aliphatic heterocycles. The zero-order valence-electron chi connectivity index (χ0n) is 8.72. The van der Waals surface area contributed by atoms with E-state index in [0.29, 0.717) is 25.1 Å². The third-order valence-corrected chi connectivity index (χ3v) is 2.81. The Balaban J connectivity index is 1.67. The van der Waals surface area contributed by atoms with Crippen molar-refractivity contribution in [3.8, 4) is 0 Å². The lowest BCUT2D eigenvalue weighted by Gasteiger charge is -2.25. The second-order valence-corrected chi connectivity index (χ2v) is 4.15. The van der Waals surface area contributed by atoms with E-state index in [9.17, 15) is 4.79 Å². The molecule has 0 radical (unpaired) electrons. The molecule has 0 bridgehead atoms. The van der Waals surface area contributed by atoms with Crippen molar-refractivity contribution in [2.24, 2.45) is 0 Å². The number of carbonyl (C=O) groups excluding carboxylic acids is 1. The van der Waals surface area contributed by atoms with Crippen molar-refractivity contribution in [3.63, 3.8) is 0 Å². The van der Waals surface area contributed by atoms with Gasteiger partial charge in [-0.1, -0.05) is 0 Å². The SMILES string of the molecule is O=C(Nc1nccs1)OCN1CCOCC1. The summed E-state index contributed by atoms with van der Waals surface area (Å²) >= 11 is 1.36. The van der Waals surface area contributed by atoms with Gasteiger partial charge in [-0.05, 0) is 0 Å². The average molecular weight is 243 g/mol. The quantitative estimate of drug-likeness (QED) is 0.857. The molecular weight excluding hydrogens is 230 g/mol. The van der Waals surface area contributed by atoms with Gasteiger partial charge in [0, 0.05) is 24.7 Å². The van der Waals surface area contributed by atoms with E-state index in [4.69, 9.17) is 9.47 Å². The number of morpholine rings is 1. The summed E-state index contributed by atoms with van der Waals surface area (Å²) < 4.78 is 10.2. The van der Waals surface area contributed by atoms with E-state index >= 15 is 0 Å². The average Bonchev–Trinajstić information content (AvgIpc) is 2.81. The van der Waals surface area contributed by atoms with Gasteiger partial charge in [0.25, 0.3) is 0 Å². The van der Waals surface area contributed by atoms with Crippen LogP contribution in [0.15, 0.2) is 11.6 Å². The van der Waals surface area contributed by atoms with Gasteiger partial charge in [-0.3, -0.25) is 10.2 Å². The van der Waals surface area contributed by atoms with Gasteiger partial charge in [-0.15, -0.1) is 11.3 Å². The number of nitrogens with one attached hydrogen (secondary N) is 1. The summed E-state index contributed by atoms with van der Waals surface area (Å²) in [5.74, 6) is 0. The third kappa shape index (κ3) is 3.44. The lowest BCUT2D eigenvalue weighted by molar-refractivity contribution is -0.00740. The fourth-order valence-electron chi connectivity index (χ4n) is 1.29. The van der Waals surface area contributed by atoms with Gasteiger partial charge in [0.05, 0.1) is 13.2 Å². The summed E-state index contributed by atoms with van der Waals surface area (Å²) in [6.45, 7) is 3.27. The minimum absolute atomic E-state index is 0.292. The molecular formula is C9H13N3O3S. The van der Waals surface area contributed by atoms with Crippen LogP contribution in [-0.4, -0.2) is 49.0 Å². The Morgan fingerprint density at radius 3 is 3.12 bits per heavy atom. The Hall–Kier alpha value is -1.18. The smallest absolute Gasteiger partial charge is 0.414 e. The minimum Gasteiger partial charge on any atom is -0.433 e. The van der Waals surface area contributed by atoms with Crippen LogP contribution in [0.2, 0.25) is 0 Å². The highest BCUT2D eigenvalue weighted by atomic mass is 32.1. The fraction of sp³-hybridized carbons (Fsp3) is 0.556. The summed E-state index contributed by atoms with van der Waals surface area (Å²) in [6, 6.07) is 0. The first-order valence-corrected chi connectivity index (χ1v) is 5.86. The normalized spacial score (nSPS) is 17.0. The standard InChI is InChI=1S/C9H13N3O3S/c13-9(11-8-10-1-6-16-8)15-7-12-2-4-14-5-3-12/h1,6H,2-5,7H2,(H,10,11,13). The first kappa shape index (κ1) is 11.3. The van der Waals surface area contributed by atoms with Gasteiger partial charge >= 0.3 is 6.09 Å². The molecule has 2 rings (SSSR count). The summed E-state index contributed by atoms with van der Waals surface area (Å²) in [5, 5.41) is 4.89. The van der Waals surface area contributed by atoms with E-state index in [1.807, 2.05) is 4.90 Å². The zero-order chi connectivity index (χ0) is 11.2. The van der Waals surface area contributed by atoms with Crippen LogP contribution in [0.1, 0.15) is 0 Å². The van der Waals surface area contributed by atoms with Crippen LogP contribution in [0.3, 0.4) is 0 Å². The number of rotatable bonds is 3. The Labute approximate surface area is 97.2 Å². The molecule has 1 N–H and O–H groups in total. The molecule has 88 valence electrons. The van der Waals surface area contributed by atoms with E-state index in [1.54, 1.807) is 11.6 Å². The Kier molecular flexibility index (Phi) is 4.09. The van der Waals surface area contributed by atoms with Gasteiger partial charge in [0.15, 0.2) is 5.13 Å². The van der Waals surface area contributed by atoms with Crippen LogP contribution >= 0.6 is 11.3 Å². The second kappa shape index (κ2) is 5.78. The number of anilines is 1. The molecule has 1 aliphatic rings. The highest BCUT2D eigenvalue weighted by molar-refractivity contribution is 7.13. The van der Waals surface area contributed by atoms with Crippen LogP contribution in [0.5, 0.6) is 0 Å². The van der Waals surface area contributed by atoms with Crippen molar-refractivity contribution >= 4 is 22.6 Å². The largest absolute Gasteiger partial charge is 0.433 e. The first-order chi connectivity index (χ1) is 7.84. The lowest BCUT2D eigenvalue weighted by atomic mass is 10.5. The lowest BCUT2D eigenvalue weighted by Crippen LogP contribution is -2.38. The summed E-state index contributed by atoms with van der Waals surface area (Å²) in [6.07, 6.45) is 1.16. The molecule has 16 heavy (non-hydrogen) atoms. The number of carbonyl (C=O) groups is 1. The van der Waals surface area contributed by atoms with Gasteiger partial charge < -0.3 is 9.47 Å². The maximum absolute atomic E-state index is 11.3. The topological polar surface area (TPSA) is 63.7 Å².